The van der Waals surface area contributed by atoms with E-state index >= 15 is 0 Å². The van der Waals surface area contributed by atoms with Crippen LogP contribution >= 0.6 is 11.6 Å². The van der Waals surface area contributed by atoms with Crippen molar-refractivity contribution in [2.45, 2.75) is 31.5 Å². The van der Waals surface area contributed by atoms with Gasteiger partial charge in [-0.25, -0.2) is 4.98 Å². The number of piperidine rings is 1. The van der Waals surface area contributed by atoms with Crippen LogP contribution in [0.1, 0.15) is 24.8 Å². The Bertz CT molecular complexity index is 556. The Morgan fingerprint density at radius 2 is 2.04 bits per heavy atom. The molecule has 0 radical (unpaired) electrons. The van der Waals surface area contributed by atoms with Gasteiger partial charge in [-0.3, -0.25) is 0 Å². The van der Waals surface area contributed by atoms with E-state index < -0.39 is 11.7 Å². The molecule has 8 heteroatoms. The standard InChI is InChI=1S/C16H21ClF3N3O/c17-14-7-12(16(18,19)20)8-21-15(14)22-13-1-4-23(5-2-13)9-11-3-6-24-10-11/h7-8,11,13H,1-6,9-10H2,(H,21,22). The van der Waals surface area contributed by atoms with Gasteiger partial charge < -0.3 is 15.0 Å². The summed E-state index contributed by atoms with van der Waals surface area (Å²) in [7, 11) is 0. The van der Waals surface area contributed by atoms with Crippen molar-refractivity contribution >= 4 is 17.4 Å². The highest BCUT2D eigenvalue weighted by molar-refractivity contribution is 6.33. The van der Waals surface area contributed by atoms with Crippen LogP contribution in [0, 0.1) is 5.92 Å². The third kappa shape index (κ3) is 4.52. The van der Waals surface area contributed by atoms with Gasteiger partial charge in [0, 0.05) is 38.5 Å². The van der Waals surface area contributed by atoms with Crippen molar-refractivity contribution < 1.29 is 17.9 Å². The monoisotopic (exact) mass is 363 g/mol. The highest BCUT2D eigenvalue weighted by Crippen LogP contribution is 2.33. The van der Waals surface area contributed by atoms with Crippen LogP contribution in [0.4, 0.5) is 19.0 Å². The van der Waals surface area contributed by atoms with Crippen molar-refractivity contribution in [1.29, 1.82) is 0 Å². The molecule has 4 nitrogen and oxygen atoms in total. The van der Waals surface area contributed by atoms with Crippen molar-refractivity contribution in [2.24, 2.45) is 5.92 Å². The minimum Gasteiger partial charge on any atom is -0.381 e. The first kappa shape index (κ1) is 17.8. The van der Waals surface area contributed by atoms with E-state index in [1.165, 1.54) is 0 Å². The second kappa shape index (κ2) is 7.45. The number of likely N-dealkylation sites (tertiary alicyclic amines) is 1. The van der Waals surface area contributed by atoms with Crippen LogP contribution in [0.3, 0.4) is 0 Å². The Morgan fingerprint density at radius 1 is 1.29 bits per heavy atom. The summed E-state index contributed by atoms with van der Waals surface area (Å²) in [5.74, 6) is 0.952. The number of nitrogens with one attached hydrogen (secondary N) is 1. The number of nitrogens with zero attached hydrogens (tertiary/aromatic N) is 2. The number of halogens is 4. The lowest BCUT2D eigenvalue weighted by Gasteiger charge is -2.34. The molecule has 0 saturated carbocycles. The van der Waals surface area contributed by atoms with Gasteiger partial charge in [-0.05, 0) is 31.2 Å². The fraction of sp³-hybridized carbons (Fsp3) is 0.688. The molecule has 0 aromatic carbocycles. The molecule has 2 saturated heterocycles. The molecule has 0 amide bonds. The van der Waals surface area contributed by atoms with Crippen molar-refractivity contribution in [3.05, 3.63) is 22.8 Å². The zero-order chi connectivity index (χ0) is 17.2. The fourth-order valence-corrected chi connectivity index (χ4v) is 3.47. The summed E-state index contributed by atoms with van der Waals surface area (Å²) in [5.41, 5.74) is -0.827. The highest BCUT2D eigenvalue weighted by atomic mass is 35.5. The summed E-state index contributed by atoms with van der Waals surface area (Å²) >= 11 is 5.95. The number of rotatable bonds is 4. The number of alkyl halides is 3. The van der Waals surface area contributed by atoms with E-state index in [1.807, 2.05) is 0 Å². The van der Waals surface area contributed by atoms with Gasteiger partial charge in [-0.15, -0.1) is 0 Å². The lowest BCUT2D eigenvalue weighted by atomic mass is 10.0. The van der Waals surface area contributed by atoms with E-state index in [1.54, 1.807) is 0 Å². The van der Waals surface area contributed by atoms with Crippen molar-refractivity contribution in [3.8, 4) is 0 Å². The maximum Gasteiger partial charge on any atom is 0.417 e. The van der Waals surface area contributed by atoms with Gasteiger partial charge in [0.1, 0.15) is 5.82 Å². The molecule has 0 bridgehead atoms. The molecular formula is C16H21ClF3N3O. The van der Waals surface area contributed by atoms with E-state index in [9.17, 15) is 13.2 Å². The van der Waals surface area contributed by atoms with Gasteiger partial charge in [0.25, 0.3) is 0 Å². The SMILES string of the molecule is FC(F)(F)c1cnc(NC2CCN(CC3CCOC3)CC2)c(Cl)c1. The van der Waals surface area contributed by atoms with Gasteiger partial charge in [0.2, 0.25) is 0 Å². The molecule has 2 aliphatic rings. The maximum absolute atomic E-state index is 12.6. The molecule has 1 atom stereocenters. The number of hydrogen-bond acceptors (Lipinski definition) is 4. The Kier molecular flexibility index (Phi) is 5.52. The molecule has 1 unspecified atom stereocenters. The van der Waals surface area contributed by atoms with Crippen molar-refractivity contribution in [2.75, 3.05) is 38.2 Å². The molecule has 3 rings (SSSR count). The summed E-state index contributed by atoms with van der Waals surface area (Å²) in [5, 5.41) is 3.19. The quantitative estimate of drug-likeness (QED) is 0.885. The molecular weight excluding hydrogens is 343 g/mol. The third-order valence-electron chi connectivity index (χ3n) is 4.64. The second-order valence-electron chi connectivity index (χ2n) is 6.50. The number of ether oxygens (including phenoxy) is 1. The number of anilines is 1. The Labute approximate surface area is 144 Å². The fourth-order valence-electron chi connectivity index (χ4n) is 3.24. The van der Waals surface area contributed by atoms with Crippen molar-refractivity contribution in [1.82, 2.24) is 9.88 Å². The first-order chi connectivity index (χ1) is 11.4. The van der Waals surface area contributed by atoms with Crippen LogP contribution < -0.4 is 5.32 Å². The van der Waals surface area contributed by atoms with E-state index in [4.69, 9.17) is 16.3 Å². The zero-order valence-corrected chi connectivity index (χ0v) is 14.0. The minimum atomic E-state index is -4.43. The summed E-state index contributed by atoms with van der Waals surface area (Å²) in [6.45, 7) is 4.70. The summed E-state index contributed by atoms with van der Waals surface area (Å²) in [6, 6.07) is 1.11. The van der Waals surface area contributed by atoms with Crippen LogP contribution in [0.25, 0.3) is 0 Å². The molecule has 0 aliphatic carbocycles. The maximum atomic E-state index is 12.6. The molecule has 1 aromatic heterocycles. The first-order valence-corrected chi connectivity index (χ1v) is 8.59. The highest BCUT2D eigenvalue weighted by Gasteiger charge is 2.32. The van der Waals surface area contributed by atoms with Gasteiger partial charge in [0.05, 0.1) is 17.2 Å². The van der Waals surface area contributed by atoms with Crippen LogP contribution in [0.15, 0.2) is 12.3 Å². The van der Waals surface area contributed by atoms with E-state index in [-0.39, 0.29) is 11.1 Å². The number of pyridine rings is 1. The molecule has 134 valence electrons. The normalized spacial score (nSPS) is 23.6. The van der Waals surface area contributed by atoms with Crippen LogP contribution in [-0.4, -0.2) is 48.8 Å². The Hall–Kier alpha value is -1.05. The summed E-state index contributed by atoms with van der Waals surface area (Å²) in [4.78, 5) is 6.28. The van der Waals surface area contributed by atoms with Crippen molar-refractivity contribution in [3.63, 3.8) is 0 Å². The Balaban J connectivity index is 1.50. The lowest BCUT2D eigenvalue weighted by Crippen LogP contribution is -2.41. The van der Waals surface area contributed by atoms with Gasteiger partial charge >= 0.3 is 6.18 Å². The van der Waals surface area contributed by atoms with Gasteiger partial charge in [-0.2, -0.15) is 13.2 Å². The van der Waals surface area contributed by atoms with Gasteiger partial charge in [0.15, 0.2) is 0 Å². The topological polar surface area (TPSA) is 37.4 Å². The molecule has 0 spiro atoms. The second-order valence-corrected chi connectivity index (χ2v) is 6.91. The molecule has 2 aliphatic heterocycles. The lowest BCUT2D eigenvalue weighted by molar-refractivity contribution is -0.137. The Morgan fingerprint density at radius 3 is 2.62 bits per heavy atom. The predicted molar refractivity (Wildman–Crippen MR) is 86.3 cm³/mol. The zero-order valence-electron chi connectivity index (χ0n) is 13.3. The van der Waals surface area contributed by atoms with Crippen LogP contribution in [0.5, 0.6) is 0 Å². The number of hydrogen-bond donors (Lipinski definition) is 1. The summed E-state index contributed by atoms with van der Waals surface area (Å²) in [6.07, 6.45) is -0.629. The molecule has 1 N–H and O–H groups in total. The summed E-state index contributed by atoms with van der Waals surface area (Å²) < 4.78 is 43.3. The van der Waals surface area contributed by atoms with E-state index in [0.29, 0.717) is 11.7 Å². The first-order valence-electron chi connectivity index (χ1n) is 8.21. The van der Waals surface area contributed by atoms with E-state index in [0.717, 1.165) is 64.4 Å². The number of aromatic nitrogens is 1. The molecule has 3 heterocycles. The van der Waals surface area contributed by atoms with Crippen LogP contribution in [-0.2, 0) is 10.9 Å². The smallest absolute Gasteiger partial charge is 0.381 e. The minimum absolute atomic E-state index is 0.00959. The largest absolute Gasteiger partial charge is 0.417 e. The average molecular weight is 364 g/mol. The predicted octanol–water partition coefficient (Wildman–Crippen LogP) is 3.67. The van der Waals surface area contributed by atoms with E-state index in [2.05, 4.69) is 15.2 Å². The molecule has 1 aromatic rings. The van der Waals surface area contributed by atoms with Crippen LogP contribution in [0.2, 0.25) is 5.02 Å². The average Bonchev–Trinajstić information content (AvgIpc) is 3.03. The molecule has 2 fully saturated rings. The molecule has 24 heavy (non-hydrogen) atoms. The third-order valence-corrected chi connectivity index (χ3v) is 4.93. The van der Waals surface area contributed by atoms with Gasteiger partial charge in [-0.1, -0.05) is 11.6 Å².